The lowest BCUT2D eigenvalue weighted by Gasteiger charge is -2.18. The van der Waals surface area contributed by atoms with Crippen LogP contribution in [0.1, 0.15) is 18.7 Å². The second kappa shape index (κ2) is 6.77. The Morgan fingerprint density at radius 2 is 2.08 bits per heavy atom. The SMILES string of the molecule is N#CC(=CNc1ccccc1S(=O)(=O)N1CCCC1)c1nn[nH]n1. The molecule has 2 N–H and O–H groups in total. The maximum Gasteiger partial charge on any atom is 0.245 e. The molecule has 0 amide bonds. The van der Waals surface area contributed by atoms with Gasteiger partial charge in [-0.05, 0) is 30.2 Å². The van der Waals surface area contributed by atoms with E-state index in [0.717, 1.165) is 12.8 Å². The third-order valence-corrected chi connectivity index (χ3v) is 5.61. The van der Waals surface area contributed by atoms with Crippen molar-refractivity contribution in [2.24, 2.45) is 0 Å². The monoisotopic (exact) mass is 345 g/mol. The van der Waals surface area contributed by atoms with Crippen molar-refractivity contribution in [1.29, 1.82) is 5.26 Å². The van der Waals surface area contributed by atoms with E-state index in [0.29, 0.717) is 18.8 Å². The Morgan fingerprint density at radius 1 is 1.33 bits per heavy atom. The van der Waals surface area contributed by atoms with Gasteiger partial charge in [-0.1, -0.05) is 12.1 Å². The van der Waals surface area contributed by atoms with Crippen molar-refractivity contribution in [2.75, 3.05) is 18.4 Å². The Bertz CT molecular complexity index is 878. The highest BCUT2D eigenvalue weighted by Gasteiger charge is 2.28. The zero-order valence-corrected chi connectivity index (χ0v) is 13.5. The van der Waals surface area contributed by atoms with Crippen LogP contribution in [0.2, 0.25) is 0 Å². The number of hydrogen-bond acceptors (Lipinski definition) is 7. The number of nitriles is 1. The smallest absolute Gasteiger partial charge is 0.245 e. The second-order valence-corrected chi connectivity index (χ2v) is 7.06. The number of rotatable bonds is 5. The lowest BCUT2D eigenvalue weighted by Crippen LogP contribution is -2.28. The highest BCUT2D eigenvalue weighted by atomic mass is 32.2. The largest absolute Gasteiger partial charge is 0.359 e. The zero-order valence-electron chi connectivity index (χ0n) is 12.7. The molecule has 0 bridgehead atoms. The molecule has 1 aromatic carbocycles. The number of nitrogens with one attached hydrogen (secondary N) is 2. The number of benzene rings is 1. The average Bonchev–Trinajstić information content (AvgIpc) is 3.30. The van der Waals surface area contributed by atoms with Gasteiger partial charge in [0.1, 0.15) is 16.5 Å². The molecule has 2 aromatic rings. The summed E-state index contributed by atoms with van der Waals surface area (Å²) in [7, 11) is -3.57. The Hall–Kier alpha value is -2.77. The van der Waals surface area contributed by atoms with Gasteiger partial charge in [0, 0.05) is 19.3 Å². The zero-order chi connectivity index (χ0) is 17.0. The molecule has 0 spiro atoms. The van der Waals surface area contributed by atoms with E-state index in [1.54, 1.807) is 24.3 Å². The Balaban J connectivity index is 1.91. The first-order valence-corrected chi connectivity index (χ1v) is 8.77. The van der Waals surface area contributed by atoms with Gasteiger partial charge in [0.15, 0.2) is 0 Å². The number of H-pyrrole nitrogens is 1. The molecule has 2 heterocycles. The Labute approximate surface area is 139 Å². The molecule has 0 radical (unpaired) electrons. The van der Waals surface area contributed by atoms with E-state index < -0.39 is 10.0 Å². The number of anilines is 1. The first-order chi connectivity index (χ1) is 11.6. The van der Waals surface area contributed by atoms with Crippen molar-refractivity contribution < 1.29 is 8.42 Å². The number of tetrazole rings is 1. The molecule has 1 saturated heterocycles. The number of nitrogens with zero attached hydrogens (tertiary/aromatic N) is 5. The minimum Gasteiger partial charge on any atom is -0.359 e. The number of allylic oxidation sites excluding steroid dienone is 1. The van der Waals surface area contributed by atoms with Crippen molar-refractivity contribution in [2.45, 2.75) is 17.7 Å². The van der Waals surface area contributed by atoms with Gasteiger partial charge < -0.3 is 5.32 Å². The van der Waals surface area contributed by atoms with Crippen LogP contribution in [0.3, 0.4) is 0 Å². The van der Waals surface area contributed by atoms with E-state index in [2.05, 4.69) is 25.9 Å². The predicted octanol–water partition coefficient (Wildman–Crippen LogP) is 0.961. The van der Waals surface area contributed by atoms with E-state index in [1.165, 1.54) is 10.5 Å². The first-order valence-electron chi connectivity index (χ1n) is 7.33. The average molecular weight is 345 g/mol. The van der Waals surface area contributed by atoms with Crippen LogP contribution in [-0.4, -0.2) is 46.4 Å². The summed E-state index contributed by atoms with van der Waals surface area (Å²) >= 11 is 0. The van der Waals surface area contributed by atoms with Crippen molar-refractivity contribution >= 4 is 21.3 Å². The lowest BCUT2D eigenvalue weighted by atomic mass is 10.3. The summed E-state index contributed by atoms with van der Waals surface area (Å²) in [6.45, 7) is 1.05. The molecule has 1 fully saturated rings. The molecule has 10 heteroatoms. The summed E-state index contributed by atoms with van der Waals surface area (Å²) in [5, 5.41) is 25.2. The predicted molar refractivity (Wildman–Crippen MR) is 85.8 cm³/mol. The highest BCUT2D eigenvalue weighted by Crippen LogP contribution is 2.27. The molecular formula is C14H15N7O2S. The van der Waals surface area contributed by atoms with E-state index in [4.69, 9.17) is 0 Å². The molecule has 1 aromatic heterocycles. The van der Waals surface area contributed by atoms with Crippen LogP contribution in [0.4, 0.5) is 5.69 Å². The van der Waals surface area contributed by atoms with E-state index in [9.17, 15) is 13.7 Å². The van der Waals surface area contributed by atoms with Crippen LogP contribution in [-0.2, 0) is 10.0 Å². The van der Waals surface area contributed by atoms with Gasteiger partial charge in [0.25, 0.3) is 0 Å². The van der Waals surface area contributed by atoms with Crippen LogP contribution in [0, 0.1) is 11.3 Å². The summed E-state index contributed by atoms with van der Waals surface area (Å²) in [4.78, 5) is 0.175. The molecule has 3 rings (SSSR count). The third-order valence-electron chi connectivity index (χ3n) is 3.65. The molecule has 1 aliphatic rings. The van der Waals surface area contributed by atoms with Gasteiger partial charge in [-0.3, -0.25) is 0 Å². The van der Waals surface area contributed by atoms with Gasteiger partial charge in [-0.2, -0.15) is 14.8 Å². The molecule has 9 nitrogen and oxygen atoms in total. The van der Waals surface area contributed by atoms with Crippen molar-refractivity contribution in [3.63, 3.8) is 0 Å². The Kier molecular flexibility index (Phi) is 4.54. The van der Waals surface area contributed by atoms with Gasteiger partial charge in [0.2, 0.25) is 15.8 Å². The van der Waals surface area contributed by atoms with Crippen LogP contribution in [0.25, 0.3) is 5.57 Å². The first kappa shape index (κ1) is 16.1. The fourth-order valence-electron chi connectivity index (χ4n) is 2.45. The number of sulfonamides is 1. The maximum absolute atomic E-state index is 12.8. The van der Waals surface area contributed by atoms with E-state index >= 15 is 0 Å². The quantitative estimate of drug-likeness (QED) is 0.772. The standard InChI is InChI=1S/C14H15N7O2S/c15-9-11(14-17-19-20-18-14)10-16-12-5-1-2-6-13(12)24(22,23)21-7-3-4-8-21/h1-2,5-6,10,16H,3-4,7-8H2,(H,17,18,19,20). The van der Waals surface area contributed by atoms with Gasteiger partial charge in [-0.25, -0.2) is 8.42 Å². The summed E-state index contributed by atoms with van der Waals surface area (Å²) in [5.74, 6) is 0.130. The van der Waals surface area contributed by atoms with Gasteiger partial charge >= 0.3 is 0 Å². The lowest BCUT2D eigenvalue weighted by molar-refractivity contribution is 0.478. The molecule has 24 heavy (non-hydrogen) atoms. The molecule has 0 unspecified atom stereocenters. The van der Waals surface area contributed by atoms with Crippen LogP contribution < -0.4 is 5.32 Å². The van der Waals surface area contributed by atoms with Crippen molar-refractivity contribution in [1.82, 2.24) is 24.9 Å². The fraction of sp³-hybridized carbons (Fsp3) is 0.286. The van der Waals surface area contributed by atoms with Gasteiger partial charge in [0.05, 0.1) is 5.69 Å². The Morgan fingerprint density at radius 3 is 2.75 bits per heavy atom. The summed E-state index contributed by atoms with van der Waals surface area (Å²) in [6.07, 6.45) is 3.10. The minimum absolute atomic E-state index is 0.130. The minimum atomic E-state index is -3.57. The normalized spacial score (nSPS) is 16.0. The van der Waals surface area contributed by atoms with Crippen LogP contribution in [0.5, 0.6) is 0 Å². The highest BCUT2D eigenvalue weighted by molar-refractivity contribution is 7.89. The van der Waals surface area contributed by atoms with Crippen LogP contribution >= 0.6 is 0 Å². The number of hydrogen-bond donors (Lipinski definition) is 2. The fourth-order valence-corrected chi connectivity index (χ4v) is 4.12. The summed E-state index contributed by atoms with van der Waals surface area (Å²) < 4.78 is 27.0. The maximum atomic E-state index is 12.8. The number of aromatic amines is 1. The van der Waals surface area contributed by atoms with Crippen LogP contribution in [0.15, 0.2) is 35.4 Å². The third kappa shape index (κ3) is 3.12. The topological polar surface area (TPSA) is 128 Å². The van der Waals surface area contributed by atoms with Gasteiger partial charge in [-0.15, -0.1) is 10.2 Å². The molecule has 0 atom stereocenters. The van der Waals surface area contributed by atoms with Crippen molar-refractivity contribution in [3.05, 3.63) is 36.3 Å². The van der Waals surface area contributed by atoms with E-state index in [1.807, 2.05) is 6.07 Å². The molecule has 0 saturated carbocycles. The van der Waals surface area contributed by atoms with E-state index in [-0.39, 0.29) is 16.3 Å². The molecule has 0 aliphatic carbocycles. The molecule has 1 aliphatic heterocycles. The number of para-hydroxylation sites is 1. The molecular weight excluding hydrogens is 330 g/mol. The second-order valence-electron chi connectivity index (χ2n) is 5.16. The summed E-state index contributed by atoms with van der Waals surface area (Å²) in [6, 6.07) is 8.52. The molecule has 124 valence electrons. The summed E-state index contributed by atoms with van der Waals surface area (Å²) in [5.41, 5.74) is 0.526. The van der Waals surface area contributed by atoms with Crippen molar-refractivity contribution in [3.8, 4) is 6.07 Å². The number of aromatic nitrogens is 4.